The van der Waals surface area contributed by atoms with E-state index in [1.54, 1.807) is 6.92 Å². The first-order valence-electron chi connectivity index (χ1n) is 6.69. The summed E-state index contributed by atoms with van der Waals surface area (Å²) < 4.78 is 10.5. The van der Waals surface area contributed by atoms with Crippen LogP contribution in [0.4, 0.5) is 5.69 Å². The van der Waals surface area contributed by atoms with Crippen LogP contribution < -0.4 is 10.6 Å². The summed E-state index contributed by atoms with van der Waals surface area (Å²) in [5, 5.41) is 3.87. The minimum Gasteiger partial charge on any atom is -0.345 e. The van der Waals surface area contributed by atoms with Crippen molar-refractivity contribution in [2.75, 3.05) is 18.0 Å². The number of aldehydes is 1. The molecule has 0 saturated carbocycles. The zero-order chi connectivity index (χ0) is 14.8. The summed E-state index contributed by atoms with van der Waals surface area (Å²) in [7, 11) is 0. The van der Waals surface area contributed by atoms with Gasteiger partial charge in [0.2, 0.25) is 11.7 Å². The second kappa shape index (κ2) is 5.63. The Bertz CT molecular complexity index is 625. The van der Waals surface area contributed by atoms with Crippen molar-refractivity contribution in [3.05, 3.63) is 30.2 Å². The molecule has 0 bridgehead atoms. The Morgan fingerprint density at radius 1 is 1.43 bits per heavy atom. The number of aromatic nitrogens is 2. The highest BCUT2D eigenvalue weighted by Crippen LogP contribution is 2.26. The van der Waals surface area contributed by atoms with Crippen LogP contribution in [0.2, 0.25) is 0 Å². The monoisotopic (exact) mass is 288 g/mol. The van der Waals surface area contributed by atoms with Gasteiger partial charge in [0.25, 0.3) is 0 Å². The van der Waals surface area contributed by atoms with Gasteiger partial charge >= 0.3 is 0 Å². The van der Waals surface area contributed by atoms with Crippen molar-refractivity contribution < 1.29 is 14.1 Å². The first-order valence-corrected chi connectivity index (χ1v) is 6.69. The number of aryl methyl sites for hydroxylation is 1. The lowest BCUT2D eigenvalue weighted by Gasteiger charge is -2.20. The van der Waals surface area contributed by atoms with Crippen LogP contribution in [0.25, 0.3) is 11.4 Å². The Balaban J connectivity index is 1.82. The van der Waals surface area contributed by atoms with Gasteiger partial charge < -0.3 is 19.9 Å². The molecule has 2 heterocycles. The Kier molecular flexibility index (Phi) is 3.68. The predicted octanol–water partition coefficient (Wildman–Crippen LogP) is 0.734. The topological polar surface area (TPSA) is 94.5 Å². The largest absolute Gasteiger partial charge is 0.345 e. The van der Waals surface area contributed by atoms with Crippen molar-refractivity contribution in [3.8, 4) is 11.4 Å². The van der Waals surface area contributed by atoms with Crippen molar-refractivity contribution in [3.63, 3.8) is 0 Å². The first kappa shape index (κ1) is 13.7. The Morgan fingerprint density at radius 2 is 2.19 bits per heavy atom. The van der Waals surface area contributed by atoms with Crippen LogP contribution in [0.3, 0.4) is 0 Å². The average molecular weight is 288 g/mol. The molecule has 110 valence electrons. The maximum atomic E-state index is 11.1. The summed E-state index contributed by atoms with van der Waals surface area (Å²) in [6.07, 6.45) is 0.0723. The summed E-state index contributed by atoms with van der Waals surface area (Å²) in [5.41, 5.74) is 7.35. The molecule has 2 atom stereocenters. The van der Waals surface area contributed by atoms with Crippen LogP contribution in [-0.2, 0) is 9.53 Å². The van der Waals surface area contributed by atoms with Gasteiger partial charge in [0.15, 0.2) is 12.5 Å². The van der Waals surface area contributed by atoms with Crippen LogP contribution in [0, 0.1) is 6.92 Å². The van der Waals surface area contributed by atoms with E-state index in [0.717, 1.165) is 17.5 Å². The number of nitrogens with zero attached hydrogens (tertiary/aromatic N) is 3. The van der Waals surface area contributed by atoms with Gasteiger partial charge in [-0.05, 0) is 24.3 Å². The van der Waals surface area contributed by atoms with Crippen molar-refractivity contribution in [1.29, 1.82) is 0 Å². The van der Waals surface area contributed by atoms with Gasteiger partial charge in [-0.15, -0.1) is 0 Å². The predicted molar refractivity (Wildman–Crippen MR) is 75.6 cm³/mol. The molecule has 0 aliphatic carbocycles. The molecule has 21 heavy (non-hydrogen) atoms. The van der Waals surface area contributed by atoms with E-state index in [1.165, 1.54) is 0 Å². The highest BCUT2D eigenvalue weighted by atomic mass is 16.5. The van der Waals surface area contributed by atoms with Gasteiger partial charge in [-0.3, -0.25) is 4.79 Å². The molecule has 1 aromatic carbocycles. The number of rotatable bonds is 4. The zero-order valence-corrected chi connectivity index (χ0v) is 11.6. The van der Waals surface area contributed by atoms with E-state index in [-0.39, 0.29) is 6.10 Å². The van der Waals surface area contributed by atoms with Gasteiger partial charge in [0, 0.05) is 31.3 Å². The third-order valence-electron chi connectivity index (χ3n) is 3.40. The summed E-state index contributed by atoms with van der Waals surface area (Å²) in [4.78, 5) is 17.2. The lowest BCUT2D eigenvalue weighted by atomic mass is 10.2. The molecule has 1 saturated heterocycles. The molecular formula is C14H16N4O3. The number of carbonyl (C=O) groups excluding carboxylic acids is 1. The first-order chi connectivity index (χ1) is 10.2. The summed E-state index contributed by atoms with van der Waals surface area (Å²) in [6.45, 7) is 2.73. The Morgan fingerprint density at radius 3 is 2.76 bits per heavy atom. The van der Waals surface area contributed by atoms with E-state index in [2.05, 4.69) is 10.1 Å². The molecule has 1 aliphatic rings. The molecule has 1 aromatic heterocycles. The Hall–Kier alpha value is -2.25. The highest BCUT2D eigenvalue weighted by molar-refractivity contribution is 5.67. The maximum absolute atomic E-state index is 11.1. The molecule has 7 nitrogen and oxygen atoms in total. The number of hydrogen-bond donors (Lipinski definition) is 1. The van der Waals surface area contributed by atoms with Crippen LogP contribution in [0.1, 0.15) is 5.89 Å². The SMILES string of the molecule is Cc1nc(-c2ccc(N3CC(CN)OC3C=O)cc2)no1. The minimum atomic E-state index is -0.586. The molecule has 7 heteroatoms. The minimum absolute atomic E-state index is 0.125. The van der Waals surface area contributed by atoms with Gasteiger partial charge in [-0.25, -0.2) is 0 Å². The number of ether oxygens (including phenoxy) is 1. The van der Waals surface area contributed by atoms with E-state index < -0.39 is 6.23 Å². The number of benzene rings is 1. The molecule has 2 N–H and O–H groups in total. The van der Waals surface area contributed by atoms with Crippen molar-refractivity contribution in [2.24, 2.45) is 5.73 Å². The molecule has 2 aromatic rings. The van der Waals surface area contributed by atoms with E-state index >= 15 is 0 Å². The molecular weight excluding hydrogens is 272 g/mol. The third-order valence-corrected chi connectivity index (χ3v) is 3.40. The van der Waals surface area contributed by atoms with Crippen LogP contribution in [0.5, 0.6) is 0 Å². The van der Waals surface area contributed by atoms with E-state index in [0.29, 0.717) is 24.8 Å². The fraction of sp³-hybridized carbons (Fsp3) is 0.357. The summed E-state index contributed by atoms with van der Waals surface area (Å²) >= 11 is 0. The summed E-state index contributed by atoms with van der Waals surface area (Å²) in [5.74, 6) is 1.07. The van der Waals surface area contributed by atoms with E-state index in [9.17, 15) is 4.79 Å². The maximum Gasteiger partial charge on any atom is 0.223 e. The molecule has 0 spiro atoms. The zero-order valence-electron chi connectivity index (χ0n) is 11.6. The third kappa shape index (κ3) is 2.65. The van der Waals surface area contributed by atoms with Crippen LogP contribution >= 0.6 is 0 Å². The van der Waals surface area contributed by atoms with Crippen molar-refractivity contribution in [1.82, 2.24) is 10.1 Å². The fourth-order valence-corrected chi connectivity index (χ4v) is 2.34. The highest BCUT2D eigenvalue weighted by Gasteiger charge is 2.31. The molecule has 1 fully saturated rings. The van der Waals surface area contributed by atoms with E-state index in [1.807, 2.05) is 29.2 Å². The second-order valence-corrected chi connectivity index (χ2v) is 4.86. The quantitative estimate of drug-likeness (QED) is 0.829. The lowest BCUT2D eigenvalue weighted by molar-refractivity contribution is -0.117. The summed E-state index contributed by atoms with van der Waals surface area (Å²) in [6, 6.07) is 7.58. The fourth-order valence-electron chi connectivity index (χ4n) is 2.34. The lowest BCUT2D eigenvalue weighted by Crippen LogP contribution is -2.31. The van der Waals surface area contributed by atoms with Gasteiger partial charge in [0.05, 0.1) is 6.10 Å². The second-order valence-electron chi connectivity index (χ2n) is 4.86. The number of carbonyl (C=O) groups is 1. The molecule has 3 rings (SSSR count). The van der Waals surface area contributed by atoms with Gasteiger partial charge in [0.1, 0.15) is 0 Å². The molecule has 0 amide bonds. The average Bonchev–Trinajstić information content (AvgIpc) is 3.13. The normalized spacial score (nSPS) is 21.7. The van der Waals surface area contributed by atoms with Crippen molar-refractivity contribution >= 4 is 12.0 Å². The van der Waals surface area contributed by atoms with Crippen molar-refractivity contribution in [2.45, 2.75) is 19.3 Å². The molecule has 1 aliphatic heterocycles. The molecule has 0 radical (unpaired) electrons. The standard InChI is InChI=1S/C14H16N4O3/c1-9-16-14(17-21-9)10-2-4-11(5-3-10)18-7-12(6-15)20-13(18)8-19/h2-5,8,12-13H,6-7,15H2,1H3. The Labute approximate surface area is 121 Å². The van der Waals surface area contributed by atoms with E-state index in [4.69, 9.17) is 15.0 Å². The van der Waals surface area contributed by atoms with Gasteiger partial charge in [-0.2, -0.15) is 4.98 Å². The van der Waals surface area contributed by atoms with Crippen LogP contribution in [-0.4, -0.2) is 41.8 Å². The molecule has 2 unspecified atom stereocenters. The van der Waals surface area contributed by atoms with Crippen LogP contribution in [0.15, 0.2) is 28.8 Å². The number of nitrogens with two attached hydrogens (primary N) is 1. The van der Waals surface area contributed by atoms with Gasteiger partial charge in [-0.1, -0.05) is 5.16 Å². The smallest absolute Gasteiger partial charge is 0.223 e. The number of hydrogen-bond acceptors (Lipinski definition) is 7. The number of anilines is 1.